The van der Waals surface area contributed by atoms with Crippen LogP contribution in [0.15, 0.2) is 0 Å². The van der Waals surface area contributed by atoms with Crippen LogP contribution in [0.5, 0.6) is 0 Å². The molecule has 0 radical (unpaired) electrons. The highest BCUT2D eigenvalue weighted by Crippen LogP contribution is 2.38. The van der Waals surface area contributed by atoms with Crippen molar-refractivity contribution >= 4 is 0 Å². The molecule has 0 aromatic carbocycles. The normalized spacial score (nSPS) is 35.1. The van der Waals surface area contributed by atoms with Crippen LogP contribution < -0.4 is 5.73 Å². The Morgan fingerprint density at radius 2 is 1.35 bits per heavy atom. The van der Waals surface area contributed by atoms with Crippen LogP contribution in [0.1, 0.15) is 65.2 Å². The van der Waals surface area contributed by atoms with E-state index in [-0.39, 0.29) is 0 Å². The summed E-state index contributed by atoms with van der Waals surface area (Å²) < 4.78 is 0. The minimum Gasteiger partial charge on any atom is -0.328 e. The van der Waals surface area contributed by atoms with E-state index < -0.39 is 0 Å². The molecule has 2 saturated carbocycles. The smallest absolute Gasteiger partial charge is 0.00962 e. The van der Waals surface area contributed by atoms with Crippen molar-refractivity contribution in [3.63, 3.8) is 0 Å². The summed E-state index contributed by atoms with van der Waals surface area (Å²) in [6.07, 6.45) is 10.7. The lowest BCUT2D eigenvalue weighted by Gasteiger charge is -2.43. The summed E-state index contributed by atoms with van der Waals surface area (Å²) in [6, 6.07) is 2.12. The average molecular weight is 238 g/mol. The van der Waals surface area contributed by atoms with E-state index in [1.165, 1.54) is 51.4 Å². The van der Waals surface area contributed by atoms with Gasteiger partial charge in [-0.15, -0.1) is 0 Å². The Morgan fingerprint density at radius 1 is 0.882 bits per heavy atom. The van der Waals surface area contributed by atoms with Gasteiger partial charge >= 0.3 is 0 Å². The summed E-state index contributed by atoms with van der Waals surface area (Å²) in [5.41, 5.74) is 6.58. The van der Waals surface area contributed by atoms with Crippen molar-refractivity contribution in [2.45, 2.75) is 83.3 Å². The summed E-state index contributed by atoms with van der Waals surface area (Å²) in [5, 5.41) is 0. The van der Waals surface area contributed by atoms with E-state index in [2.05, 4.69) is 25.8 Å². The Kier molecular flexibility index (Phi) is 4.14. The predicted octanol–water partition coefficient (Wildman–Crippen LogP) is 3.16. The third-order valence-corrected chi connectivity index (χ3v) is 5.20. The zero-order valence-electron chi connectivity index (χ0n) is 11.9. The fraction of sp³-hybridized carbons (Fsp3) is 1.00. The monoisotopic (exact) mass is 238 g/mol. The molecule has 0 aromatic rings. The summed E-state index contributed by atoms with van der Waals surface area (Å²) in [4.78, 5) is 2.68. The van der Waals surface area contributed by atoms with Gasteiger partial charge in [-0.1, -0.05) is 13.8 Å². The van der Waals surface area contributed by atoms with Crippen LogP contribution in [-0.2, 0) is 0 Å². The van der Waals surface area contributed by atoms with Crippen molar-refractivity contribution in [3.8, 4) is 0 Å². The van der Waals surface area contributed by atoms with Crippen molar-refractivity contribution in [2.24, 2.45) is 11.1 Å². The van der Waals surface area contributed by atoms with E-state index in [1.54, 1.807) is 0 Å². The first-order valence-corrected chi connectivity index (χ1v) is 7.45. The average Bonchev–Trinajstić information content (AvgIpc) is 2.29. The first-order chi connectivity index (χ1) is 7.98. The van der Waals surface area contributed by atoms with Gasteiger partial charge in [0, 0.05) is 18.1 Å². The number of nitrogens with two attached hydrogens (primary N) is 1. The Bertz CT molecular complexity index is 231. The molecular weight excluding hydrogens is 208 g/mol. The lowest BCUT2D eigenvalue weighted by molar-refractivity contribution is 0.0757. The highest BCUT2D eigenvalue weighted by atomic mass is 15.2. The Hall–Kier alpha value is -0.0800. The van der Waals surface area contributed by atoms with E-state index in [0.29, 0.717) is 11.5 Å². The van der Waals surface area contributed by atoms with Crippen LogP contribution in [0.3, 0.4) is 0 Å². The highest BCUT2D eigenvalue weighted by Gasteiger charge is 2.32. The van der Waals surface area contributed by atoms with Crippen LogP contribution >= 0.6 is 0 Å². The van der Waals surface area contributed by atoms with Gasteiger partial charge < -0.3 is 10.6 Å². The van der Waals surface area contributed by atoms with Gasteiger partial charge in [-0.05, 0) is 63.8 Å². The zero-order valence-corrected chi connectivity index (χ0v) is 11.9. The molecule has 2 N–H and O–H groups in total. The summed E-state index contributed by atoms with van der Waals surface area (Å²) in [5.74, 6) is 0. The van der Waals surface area contributed by atoms with Gasteiger partial charge in [-0.2, -0.15) is 0 Å². The lowest BCUT2D eigenvalue weighted by Crippen LogP contribution is -2.46. The molecule has 2 aliphatic rings. The molecule has 0 heterocycles. The van der Waals surface area contributed by atoms with E-state index >= 15 is 0 Å². The second-order valence-corrected chi connectivity index (χ2v) is 7.13. The topological polar surface area (TPSA) is 29.3 Å². The van der Waals surface area contributed by atoms with Crippen molar-refractivity contribution < 1.29 is 0 Å². The highest BCUT2D eigenvalue weighted by molar-refractivity contribution is 4.87. The van der Waals surface area contributed by atoms with Crippen molar-refractivity contribution in [1.29, 1.82) is 0 Å². The maximum Gasteiger partial charge on any atom is 0.00962 e. The number of rotatable bonds is 2. The largest absolute Gasteiger partial charge is 0.328 e. The summed E-state index contributed by atoms with van der Waals surface area (Å²) >= 11 is 0. The zero-order chi connectivity index (χ0) is 12.5. The minimum atomic E-state index is 0.477. The standard InChI is InChI=1S/C15H30N2/c1-15(2)10-8-14(9-11-15)17(3)13-6-4-12(16)5-7-13/h12-14H,4-11,16H2,1-3H3. The molecule has 2 fully saturated rings. The molecular formula is C15H30N2. The molecule has 2 heteroatoms. The Labute approximate surface area is 107 Å². The fourth-order valence-electron chi connectivity index (χ4n) is 3.60. The maximum atomic E-state index is 5.99. The first kappa shape index (κ1) is 13.4. The second-order valence-electron chi connectivity index (χ2n) is 7.13. The van der Waals surface area contributed by atoms with Gasteiger partial charge in [0.2, 0.25) is 0 Å². The van der Waals surface area contributed by atoms with Gasteiger partial charge in [-0.3, -0.25) is 0 Å². The summed E-state index contributed by atoms with van der Waals surface area (Å²) in [7, 11) is 2.35. The van der Waals surface area contributed by atoms with Gasteiger partial charge in [0.05, 0.1) is 0 Å². The minimum absolute atomic E-state index is 0.477. The van der Waals surface area contributed by atoms with Gasteiger partial charge in [-0.25, -0.2) is 0 Å². The van der Waals surface area contributed by atoms with Crippen LogP contribution in [0.2, 0.25) is 0 Å². The van der Waals surface area contributed by atoms with E-state index in [9.17, 15) is 0 Å². The molecule has 0 unspecified atom stereocenters. The molecule has 0 bridgehead atoms. The predicted molar refractivity (Wildman–Crippen MR) is 74.0 cm³/mol. The fourth-order valence-corrected chi connectivity index (χ4v) is 3.60. The van der Waals surface area contributed by atoms with Crippen molar-refractivity contribution in [2.75, 3.05) is 7.05 Å². The van der Waals surface area contributed by atoms with Crippen LogP contribution in [0.25, 0.3) is 0 Å². The number of hydrogen-bond donors (Lipinski definition) is 1. The molecule has 17 heavy (non-hydrogen) atoms. The Balaban J connectivity index is 1.82. The first-order valence-electron chi connectivity index (χ1n) is 7.45. The van der Waals surface area contributed by atoms with Gasteiger partial charge in [0.15, 0.2) is 0 Å². The van der Waals surface area contributed by atoms with Crippen LogP contribution in [-0.4, -0.2) is 30.1 Å². The molecule has 100 valence electrons. The second kappa shape index (κ2) is 5.27. The molecule has 0 amide bonds. The van der Waals surface area contributed by atoms with Crippen LogP contribution in [0, 0.1) is 5.41 Å². The molecule has 2 rings (SSSR count). The third-order valence-electron chi connectivity index (χ3n) is 5.20. The molecule has 0 saturated heterocycles. The maximum absolute atomic E-state index is 5.99. The van der Waals surface area contributed by atoms with E-state index in [4.69, 9.17) is 5.73 Å². The molecule has 0 aliphatic heterocycles. The number of nitrogens with zero attached hydrogens (tertiary/aromatic N) is 1. The Morgan fingerprint density at radius 3 is 1.88 bits per heavy atom. The molecule has 0 aromatic heterocycles. The van der Waals surface area contributed by atoms with E-state index in [1.807, 2.05) is 0 Å². The lowest BCUT2D eigenvalue weighted by atomic mass is 9.75. The quantitative estimate of drug-likeness (QED) is 0.800. The molecule has 2 nitrogen and oxygen atoms in total. The van der Waals surface area contributed by atoms with Crippen molar-refractivity contribution in [1.82, 2.24) is 4.90 Å². The van der Waals surface area contributed by atoms with Gasteiger partial charge in [0.1, 0.15) is 0 Å². The molecule has 2 aliphatic carbocycles. The van der Waals surface area contributed by atoms with E-state index in [0.717, 1.165) is 12.1 Å². The number of hydrogen-bond acceptors (Lipinski definition) is 2. The summed E-state index contributed by atoms with van der Waals surface area (Å²) in [6.45, 7) is 4.84. The van der Waals surface area contributed by atoms with Gasteiger partial charge in [0.25, 0.3) is 0 Å². The molecule has 0 spiro atoms. The third kappa shape index (κ3) is 3.45. The SMILES string of the molecule is CN(C1CCC(N)CC1)C1CCC(C)(C)CC1. The van der Waals surface area contributed by atoms with Crippen LogP contribution in [0.4, 0.5) is 0 Å². The van der Waals surface area contributed by atoms with Crippen molar-refractivity contribution in [3.05, 3.63) is 0 Å². The molecule has 0 atom stereocenters.